The summed E-state index contributed by atoms with van der Waals surface area (Å²) in [7, 11) is 1.60. The molecular weight excluding hydrogens is 309 g/mol. The van der Waals surface area contributed by atoms with E-state index in [1.54, 1.807) is 18.0 Å². The number of methoxy groups -OCH3 is 1. The molecule has 0 saturated heterocycles. The summed E-state index contributed by atoms with van der Waals surface area (Å²) >= 11 is 2.16. The monoisotopic (exact) mass is 323 g/mol. The van der Waals surface area contributed by atoms with Gasteiger partial charge in [-0.25, -0.2) is 0 Å². The minimum atomic E-state index is -0.287. The van der Waals surface area contributed by atoms with Gasteiger partial charge in [0.15, 0.2) is 0 Å². The molecule has 0 fully saturated rings. The van der Waals surface area contributed by atoms with E-state index in [1.165, 1.54) is 0 Å². The number of ether oxygens (including phenoxy) is 1. The van der Waals surface area contributed by atoms with Crippen LogP contribution in [0.4, 0.5) is 0 Å². The van der Waals surface area contributed by atoms with Gasteiger partial charge in [0.2, 0.25) is 5.91 Å². The fraction of sp³-hybridized carbons (Fsp3) is 0.556. The lowest BCUT2D eigenvalue weighted by molar-refractivity contribution is -0.124. The highest BCUT2D eigenvalue weighted by molar-refractivity contribution is 14.1. The minimum absolute atomic E-state index is 0.0495. The average Bonchev–Trinajstić information content (AvgIpc) is 2.64. The summed E-state index contributed by atoms with van der Waals surface area (Å²) in [5, 5.41) is 6.85. The van der Waals surface area contributed by atoms with Crippen LogP contribution in [0.1, 0.15) is 13.0 Å². The topological polar surface area (TPSA) is 56.1 Å². The zero-order valence-corrected chi connectivity index (χ0v) is 10.9. The van der Waals surface area contributed by atoms with E-state index in [4.69, 9.17) is 4.74 Å². The number of hydrogen-bond donors (Lipinski definition) is 1. The van der Waals surface area contributed by atoms with E-state index in [0.717, 1.165) is 3.57 Å². The molecule has 6 heteroatoms. The Morgan fingerprint density at radius 2 is 2.53 bits per heavy atom. The van der Waals surface area contributed by atoms with Crippen molar-refractivity contribution >= 4 is 28.5 Å². The second-order valence-electron chi connectivity index (χ2n) is 3.10. The number of carbonyl (C=O) groups excluding carboxylic acids is 1. The molecule has 0 unspecified atom stereocenters. The summed E-state index contributed by atoms with van der Waals surface area (Å²) < 4.78 is 7.50. The molecule has 0 aromatic carbocycles. The van der Waals surface area contributed by atoms with E-state index >= 15 is 0 Å². The number of nitrogens with zero attached hydrogens (tertiary/aromatic N) is 2. The number of halogens is 1. The fourth-order valence-electron chi connectivity index (χ4n) is 1.07. The number of nitrogens with one attached hydrogen (secondary N) is 1. The maximum Gasteiger partial charge on any atom is 0.244 e. The minimum Gasteiger partial charge on any atom is -0.383 e. The predicted octanol–water partition coefficient (Wildman–Crippen LogP) is 0.811. The number of amides is 1. The van der Waals surface area contributed by atoms with Gasteiger partial charge >= 0.3 is 0 Å². The highest BCUT2D eigenvalue weighted by Crippen LogP contribution is 2.08. The van der Waals surface area contributed by atoms with Crippen molar-refractivity contribution in [3.05, 3.63) is 16.0 Å². The Morgan fingerprint density at radius 1 is 1.80 bits per heavy atom. The highest BCUT2D eigenvalue weighted by atomic mass is 127. The van der Waals surface area contributed by atoms with Crippen LogP contribution in [-0.4, -0.2) is 35.9 Å². The third-order valence-corrected chi connectivity index (χ3v) is 2.51. The standard InChI is InChI=1S/C9H14IN3O2/c1-7(9(14)11-3-4-15-2)13-6-8(10)5-12-13/h5-7H,3-4H2,1-2H3,(H,11,14)/t7-/m1/s1. The van der Waals surface area contributed by atoms with Crippen molar-refractivity contribution in [2.45, 2.75) is 13.0 Å². The van der Waals surface area contributed by atoms with Gasteiger partial charge in [-0.1, -0.05) is 0 Å². The summed E-state index contributed by atoms with van der Waals surface area (Å²) in [5.74, 6) is -0.0495. The Balaban J connectivity index is 2.46. The molecule has 84 valence electrons. The van der Waals surface area contributed by atoms with E-state index < -0.39 is 0 Å². The predicted molar refractivity (Wildman–Crippen MR) is 64.5 cm³/mol. The molecule has 0 spiro atoms. The quantitative estimate of drug-likeness (QED) is 0.645. The van der Waals surface area contributed by atoms with Gasteiger partial charge in [0, 0.05) is 19.9 Å². The van der Waals surface area contributed by atoms with Crippen LogP contribution in [0.25, 0.3) is 0 Å². The maximum atomic E-state index is 11.6. The van der Waals surface area contributed by atoms with Crippen molar-refractivity contribution in [2.75, 3.05) is 20.3 Å². The molecule has 1 aromatic rings. The Labute approximate surface area is 102 Å². The van der Waals surface area contributed by atoms with Crippen molar-refractivity contribution in [1.82, 2.24) is 15.1 Å². The first kappa shape index (κ1) is 12.4. The van der Waals surface area contributed by atoms with Crippen molar-refractivity contribution in [3.63, 3.8) is 0 Å². The molecule has 1 aromatic heterocycles. The molecule has 0 radical (unpaired) electrons. The molecule has 0 aliphatic carbocycles. The summed E-state index contributed by atoms with van der Waals surface area (Å²) in [6.07, 6.45) is 3.56. The molecule has 5 nitrogen and oxygen atoms in total. The van der Waals surface area contributed by atoms with Crippen molar-refractivity contribution < 1.29 is 9.53 Å². The second-order valence-corrected chi connectivity index (χ2v) is 4.34. The first-order chi connectivity index (χ1) is 7.15. The van der Waals surface area contributed by atoms with Gasteiger partial charge in [-0.3, -0.25) is 9.48 Å². The zero-order valence-electron chi connectivity index (χ0n) is 8.74. The van der Waals surface area contributed by atoms with E-state index in [9.17, 15) is 4.79 Å². The molecule has 15 heavy (non-hydrogen) atoms. The fourth-order valence-corrected chi connectivity index (χ4v) is 1.48. The molecule has 0 saturated carbocycles. The number of hydrogen-bond acceptors (Lipinski definition) is 3. The molecule has 0 aliphatic rings. The van der Waals surface area contributed by atoms with Gasteiger partial charge in [-0.15, -0.1) is 0 Å². The molecule has 1 heterocycles. The maximum absolute atomic E-state index is 11.6. The molecule has 1 atom stereocenters. The van der Waals surface area contributed by atoms with Gasteiger partial charge in [-0.05, 0) is 29.5 Å². The van der Waals surface area contributed by atoms with Gasteiger partial charge < -0.3 is 10.1 Å². The molecule has 0 aliphatic heterocycles. The van der Waals surface area contributed by atoms with Gasteiger partial charge in [0.05, 0.1) is 16.4 Å². The largest absolute Gasteiger partial charge is 0.383 e. The first-order valence-electron chi connectivity index (χ1n) is 4.61. The van der Waals surface area contributed by atoms with Crippen molar-refractivity contribution in [1.29, 1.82) is 0 Å². The zero-order chi connectivity index (χ0) is 11.3. The Morgan fingerprint density at radius 3 is 3.07 bits per heavy atom. The van der Waals surface area contributed by atoms with Gasteiger partial charge in [0.25, 0.3) is 0 Å². The van der Waals surface area contributed by atoms with Crippen LogP contribution in [0.5, 0.6) is 0 Å². The molecule has 1 rings (SSSR count). The number of aromatic nitrogens is 2. The van der Waals surface area contributed by atoms with E-state index in [0.29, 0.717) is 13.2 Å². The highest BCUT2D eigenvalue weighted by Gasteiger charge is 2.14. The van der Waals surface area contributed by atoms with Crippen LogP contribution in [-0.2, 0) is 9.53 Å². The van der Waals surface area contributed by atoms with Crippen LogP contribution in [0.3, 0.4) is 0 Å². The summed E-state index contributed by atoms with van der Waals surface area (Å²) in [6, 6.07) is -0.287. The van der Waals surface area contributed by atoms with Crippen LogP contribution in [0.15, 0.2) is 12.4 Å². The lowest BCUT2D eigenvalue weighted by Gasteiger charge is -2.12. The van der Waals surface area contributed by atoms with Crippen LogP contribution >= 0.6 is 22.6 Å². The summed E-state index contributed by atoms with van der Waals surface area (Å²) in [4.78, 5) is 11.6. The first-order valence-corrected chi connectivity index (χ1v) is 5.69. The smallest absolute Gasteiger partial charge is 0.244 e. The van der Waals surface area contributed by atoms with Crippen LogP contribution in [0, 0.1) is 3.57 Å². The lowest BCUT2D eigenvalue weighted by Crippen LogP contribution is -2.33. The third kappa shape index (κ3) is 3.78. The SMILES string of the molecule is COCCNC(=O)[C@@H](C)n1cc(I)cn1. The summed E-state index contributed by atoms with van der Waals surface area (Å²) in [5.41, 5.74) is 0. The van der Waals surface area contributed by atoms with E-state index in [-0.39, 0.29) is 11.9 Å². The Hall–Kier alpha value is -0.630. The molecule has 1 amide bonds. The number of rotatable bonds is 5. The second kappa shape index (κ2) is 6.06. The van der Waals surface area contributed by atoms with Gasteiger partial charge in [0.1, 0.15) is 6.04 Å². The molecule has 0 bridgehead atoms. The lowest BCUT2D eigenvalue weighted by atomic mass is 10.3. The van der Waals surface area contributed by atoms with Crippen molar-refractivity contribution in [3.8, 4) is 0 Å². The molecular formula is C9H14IN3O2. The van der Waals surface area contributed by atoms with Gasteiger partial charge in [-0.2, -0.15) is 5.10 Å². The third-order valence-electron chi connectivity index (χ3n) is 1.95. The molecule has 1 N–H and O–H groups in total. The normalized spacial score (nSPS) is 12.5. The van der Waals surface area contributed by atoms with E-state index in [2.05, 4.69) is 33.0 Å². The van der Waals surface area contributed by atoms with Crippen LogP contribution < -0.4 is 5.32 Å². The average molecular weight is 323 g/mol. The Kier molecular flexibility index (Phi) is 5.03. The number of carbonyl (C=O) groups is 1. The Bertz CT molecular complexity index is 327. The van der Waals surface area contributed by atoms with Crippen molar-refractivity contribution in [2.24, 2.45) is 0 Å². The van der Waals surface area contributed by atoms with E-state index in [1.807, 2.05) is 13.1 Å². The summed E-state index contributed by atoms with van der Waals surface area (Å²) in [6.45, 7) is 2.86. The van der Waals surface area contributed by atoms with Crippen LogP contribution in [0.2, 0.25) is 0 Å².